The zero-order chi connectivity index (χ0) is 15.1. The Morgan fingerprint density at radius 2 is 1.90 bits per heavy atom. The molecule has 2 fully saturated rings. The lowest BCUT2D eigenvalue weighted by atomic mass is 9.86. The number of carbonyl (C=O) groups is 2. The molecule has 4 atom stereocenters. The molecule has 4 nitrogen and oxygen atoms in total. The van der Waals surface area contributed by atoms with Gasteiger partial charge in [0, 0.05) is 6.04 Å². The molecule has 20 heavy (non-hydrogen) atoms. The van der Waals surface area contributed by atoms with Gasteiger partial charge >= 0.3 is 0 Å². The molecule has 1 aliphatic heterocycles. The summed E-state index contributed by atoms with van der Waals surface area (Å²) < 4.78 is 0. The van der Waals surface area contributed by atoms with Crippen molar-refractivity contribution in [2.24, 2.45) is 11.8 Å². The Kier molecular flexibility index (Phi) is 4.12. The van der Waals surface area contributed by atoms with E-state index in [0.29, 0.717) is 18.3 Å². The van der Waals surface area contributed by atoms with E-state index in [1.165, 1.54) is 0 Å². The fraction of sp³-hybridized carbons (Fsp3) is 0.875. The Morgan fingerprint density at radius 3 is 2.35 bits per heavy atom. The van der Waals surface area contributed by atoms with Crippen molar-refractivity contribution in [3.05, 3.63) is 0 Å². The lowest BCUT2D eigenvalue weighted by Crippen LogP contribution is -2.72. The first-order chi connectivity index (χ1) is 9.36. The largest absolute Gasteiger partial charge is 0.340 e. The maximum atomic E-state index is 13.0. The fourth-order valence-corrected chi connectivity index (χ4v) is 3.33. The summed E-state index contributed by atoms with van der Waals surface area (Å²) in [5.74, 6) is 0.877. The average Bonchev–Trinajstić information content (AvgIpc) is 3.25. The van der Waals surface area contributed by atoms with Crippen molar-refractivity contribution in [2.75, 3.05) is 0 Å². The molecule has 4 heteroatoms. The van der Waals surface area contributed by atoms with Gasteiger partial charge < -0.3 is 10.2 Å². The molecule has 2 amide bonds. The minimum absolute atomic E-state index is 0.0247. The first-order valence-electron chi connectivity index (χ1n) is 8.01. The van der Waals surface area contributed by atoms with Crippen LogP contribution in [0.1, 0.15) is 60.3 Å². The molecule has 2 aliphatic rings. The van der Waals surface area contributed by atoms with Crippen LogP contribution in [0, 0.1) is 11.8 Å². The SMILES string of the molecule is CCC(C)C(C)N1C(=O)C(C)(C2CC2)NC(=O)C1CC. The molecule has 0 aromatic heterocycles. The number of carbonyl (C=O) groups excluding carboxylic acids is 2. The highest BCUT2D eigenvalue weighted by atomic mass is 16.2. The van der Waals surface area contributed by atoms with Gasteiger partial charge in [-0.1, -0.05) is 27.2 Å². The zero-order valence-electron chi connectivity index (χ0n) is 13.4. The lowest BCUT2D eigenvalue weighted by molar-refractivity contribution is -0.159. The minimum Gasteiger partial charge on any atom is -0.340 e. The number of nitrogens with zero attached hydrogens (tertiary/aromatic N) is 1. The van der Waals surface area contributed by atoms with Gasteiger partial charge in [-0.2, -0.15) is 0 Å². The quantitative estimate of drug-likeness (QED) is 0.840. The van der Waals surface area contributed by atoms with Crippen LogP contribution in [0.4, 0.5) is 0 Å². The Morgan fingerprint density at radius 1 is 1.30 bits per heavy atom. The molecule has 1 saturated heterocycles. The first kappa shape index (κ1) is 15.3. The summed E-state index contributed by atoms with van der Waals surface area (Å²) in [5.41, 5.74) is -0.676. The molecule has 1 N–H and O–H groups in total. The number of rotatable bonds is 5. The standard InChI is InChI=1S/C16H28N2O2/c1-6-10(3)11(4)18-13(7-2)14(19)17-16(5,15(18)20)12-8-9-12/h10-13H,6-9H2,1-5H3,(H,17,19). The number of hydrogen-bond acceptors (Lipinski definition) is 2. The van der Waals surface area contributed by atoms with Crippen LogP contribution in [0.5, 0.6) is 0 Å². The second-order valence-electron chi connectivity index (χ2n) is 6.73. The highest BCUT2D eigenvalue weighted by Crippen LogP contribution is 2.43. The molecule has 2 rings (SSSR count). The number of hydrogen-bond donors (Lipinski definition) is 1. The maximum absolute atomic E-state index is 13.0. The number of piperazine rings is 1. The van der Waals surface area contributed by atoms with Crippen LogP contribution in [0.3, 0.4) is 0 Å². The highest BCUT2D eigenvalue weighted by molar-refractivity contribution is 6.00. The summed E-state index contributed by atoms with van der Waals surface area (Å²) in [7, 11) is 0. The van der Waals surface area contributed by atoms with E-state index in [9.17, 15) is 9.59 Å². The predicted octanol–water partition coefficient (Wildman–Crippen LogP) is 2.33. The van der Waals surface area contributed by atoms with Crippen LogP contribution in [0.25, 0.3) is 0 Å². The second-order valence-corrected chi connectivity index (χ2v) is 6.73. The predicted molar refractivity (Wildman–Crippen MR) is 79.1 cm³/mol. The molecule has 0 bridgehead atoms. The number of nitrogens with one attached hydrogen (secondary N) is 1. The summed E-state index contributed by atoms with van der Waals surface area (Å²) in [5, 5.41) is 3.02. The topological polar surface area (TPSA) is 49.4 Å². The van der Waals surface area contributed by atoms with Crippen molar-refractivity contribution in [2.45, 2.75) is 77.9 Å². The van der Waals surface area contributed by atoms with Gasteiger partial charge in [-0.15, -0.1) is 0 Å². The molecule has 0 radical (unpaired) electrons. The van der Waals surface area contributed by atoms with Gasteiger partial charge in [-0.3, -0.25) is 9.59 Å². The van der Waals surface area contributed by atoms with Gasteiger partial charge in [0.05, 0.1) is 0 Å². The van der Waals surface area contributed by atoms with E-state index < -0.39 is 5.54 Å². The highest BCUT2D eigenvalue weighted by Gasteiger charge is 2.56. The second kappa shape index (κ2) is 5.38. The van der Waals surface area contributed by atoms with Crippen LogP contribution < -0.4 is 5.32 Å². The first-order valence-corrected chi connectivity index (χ1v) is 8.01. The van der Waals surface area contributed by atoms with E-state index in [1.807, 2.05) is 18.7 Å². The molecular formula is C16H28N2O2. The molecule has 1 aliphatic carbocycles. The molecule has 4 unspecified atom stereocenters. The van der Waals surface area contributed by atoms with Gasteiger partial charge in [-0.05, 0) is 44.9 Å². The van der Waals surface area contributed by atoms with Crippen LogP contribution in [-0.4, -0.2) is 34.3 Å². The van der Waals surface area contributed by atoms with Crippen molar-refractivity contribution in [1.82, 2.24) is 10.2 Å². The fourth-order valence-electron chi connectivity index (χ4n) is 3.33. The minimum atomic E-state index is -0.676. The smallest absolute Gasteiger partial charge is 0.249 e. The zero-order valence-corrected chi connectivity index (χ0v) is 13.4. The van der Waals surface area contributed by atoms with E-state index in [4.69, 9.17) is 0 Å². The van der Waals surface area contributed by atoms with Gasteiger partial charge in [0.2, 0.25) is 11.8 Å². The summed E-state index contributed by atoms with van der Waals surface area (Å²) in [6.45, 7) is 10.3. The molecule has 1 saturated carbocycles. The summed E-state index contributed by atoms with van der Waals surface area (Å²) in [4.78, 5) is 27.3. The molecule has 0 spiro atoms. The third-order valence-corrected chi connectivity index (χ3v) is 5.39. The summed E-state index contributed by atoms with van der Waals surface area (Å²) >= 11 is 0. The third kappa shape index (κ3) is 2.33. The van der Waals surface area contributed by atoms with Crippen molar-refractivity contribution in [3.63, 3.8) is 0 Å². The molecule has 0 aromatic carbocycles. The Balaban J connectivity index is 2.32. The Hall–Kier alpha value is -1.06. The van der Waals surface area contributed by atoms with Gasteiger partial charge in [0.25, 0.3) is 0 Å². The Bertz CT molecular complexity index is 405. The van der Waals surface area contributed by atoms with E-state index >= 15 is 0 Å². The average molecular weight is 280 g/mol. The van der Waals surface area contributed by atoms with E-state index in [2.05, 4.69) is 26.1 Å². The maximum Gasteiger partial charge on any atom is 0.249 e. The number of amides is 2. The normalized spacial score (nSPS) is 33.9. The van der Waals surface area contributed by atoms with E-state index in [-0.39, 0.29) is 23.9 Å². The third-order valence-electron chi connectivity index (χ3n) is 5.39. The lowest BCUT2D eigenvalue weighted by Gasteiger charge is -2.48. The summed E-state index contributed by atoms with van der Waals surface area (Å²) in [6, 6.07) is -0.195. The molecular weight excluding hydrogens is 252 g/mol. The van der Waals surface area contributed by atoms with E-state index in [0.717, 1.165) is 19.3 Å². The molecule has 0 aromatic rings. The van der Waals surface area contributed by atoms with Crippen LogP contribution in [-0.2, 0) is 9.59 Å². The van der Waals surface area contributed by atoms with Gasteiger partial charge in [0.1, 0.15) is 11.6 Å². The van der Waals surface area contributed by atoms with Gasteiger partial charge in [-0.25, -0.2) is 0 Å². The molecule has 114 valence electrons. The van der Waals surface area contributed by atoms with Crippen LogP contribution in [0.2, 0.25) is 0 Å². The van der Waals surface area contributed by atoms with Crippen LogP contribution >= 0.6 is 0 Å². The van der Waals surface area contributed by atoms with E-state index in [1.54, 1.807) is 0 Å². The summed E-state index contributed by atoms with van der Waals surface area (Å²) in [6.07, 6.45) is 3.79. The van der Waals surface area contributed by atoms with Gasteiger partial charge in [0.15, 0.2) is 0 Å². The van der Waals surface area contributed by atoms with Crippen LogP contribution in [0.15, 0.2) is 0 Å². The Labute approximate surface area is 122 Å². The molecule has 1 heterocycles. The van der Waals surface area contributed by atoms with Crippen molar-refractivity contribution in [3.8, 4) is 0 Å². The van der Waals surface area contributed by atoms with Crippen molar-refractivity contribution < 1.29 is 9.59 Å². The van der Waals surface area contributed by atoms with Crippen molar-refractivity contribution in [1.29, 1.82) is 0 Å². The monoisotopic (exact) mass is 280 g/mol. The van der Waals surface area contributed by atoms with Crippen molar-refractivity contribution >= 4 is 11.8 Å².